The molecular formula is C7H12N2O2. The largest absolute Gasteiger partial charge is 0.394 e. The van der Waals surface area contributed by atoms with E-state index in [1.165, 1.54) is 26.2 Å². The molecule has 4 heteroatoms. The topological polar surface area (TPSA) is 49.4 Å². The van der Waals surface area contributed by atoms with E-state index in [4.69, 9.17) is 0 Å². The number of carbonyl (C=O) groups is 2. The van der Waals surface area contributed by atoms with Gasteiger partial charge in [-0.1, -0.05) is 0 Å². The van der Waals surface area contributed by atoms with E-state index in [1.807, 2.05) is 0 Å². The predicted octanol–water partition coefficient (Wildman–Crippen LogP) is -0.276. The van der Waals surface area contributed by atoms with Gasteiger partial charge in [0.1, 0.15) is 0 Å². The van der Waals surface area contributed by atoms with Crippen molar-refractivity contribution in [3.63, 3.8) is 0 Å². The molecule has 0 radical (unpaired) electrons. The first-order valence-electron chi connectivity index (χ1n) is 3.21. The van der Waals surface area contributed by atoms with Gasteiger partial charge < -0.3 is 5.32 Å². The first kappa shape index (κ1) is 9.68. The first-order valence-corrected chi connectivity index (χ1v) is 3.21. The van der Waals surface area contributed by atoms with Gasteiger partial charge in [0, 0.05) is 33.3 Å². The maximum absolute atomic E-state index is 10.9. The third-order valence-corrected chi connectivity index (χ3v) is 1.20. The summed E-state index contributed by atoms with van der Waals surface area (Å²) in [5.74, 6) is -0.595. The van der Waals surface area contributed by atoms with Crippen molar-refractivity contribution in [2.24, 2.45) is 0 Å². The molecule has 0 heterocycles. The Morgan fingerprint density at radius 1 is 1.45 bits per heavy atom. The number of hydrogen-bond acceptors (Lipinski definition) is 3. The van der Waals surface area contributed by atoms with E-state index < -0.39 is 0 Å². The average Bonchev–Trinajstić information content (AvgIpc) is 1.98. The normalized spacial score (nSPS) is 9.73. The van der Waals surface area contributed by atoms with Gasteiger partial charge in [-0.3, -0.25) is 14.5 Å². The molecule has 2 amide bonds. The first-order chi connectivity index (χ1) is 5.09. The molecule has 0 rings (SSSR count). The van der Waals surface area contributed by atoms with Gasteiger partial charge in [0.25, 0.3) is 5.91 Å². The van der Waals surface area contributed by atoms with Crippen LogP contribution in [-0.4, -0.2) is 30.8 Å². The molecule has 4 nitrogen and oxygen atoms in total. The maximum Gasteiger partial charge on any atom is 0.254 e. The highest BCUT2D eigenvalue weighted by atomic mass is 16.2. The van der Waals surface area contributed by atoms with Crippen molar-refractivity contribution >= 4 is 11.8 Å². The second-order valence-corrected chi connectivity index (χ2v) is 2.04. The van der Waals surface area contributed by atoms with Crippen LogP contribution in [0.25, 0.3) is 0 Å². The van der Waals surface area contributed by atoms with Crippen LogP contribution in [0.2, 0.25) is 0 Å². The van der Waals surface area contributed by atoms with Gasteiger partial charge in [-0.05, 0) is 0 Å². The summed E-state index contributed by atoms with van der Waals surface area (Å²) in [7, 11) is 3.11. The Labute approximate surface area is 65.9 Å². The molecule has 0 bridgehead atoms. The molecule has 0 spiro atoms. The standard InChI is InChI=1S/C7H12N2O2/c1-6(10)9(3)7(11)4-5-8-2/h4-5,8H,1-3H3/b5-4-. The van der Waals surface area contributed by atoms with Crippen LogP contribution in [0.15, 0.2) is 12.3 Å². The van der Waals surface area contributed by atoms with E-state index in [9.17, 15) is 9.59 Å². The van der Waals surface area contributed by atoms with E-state index in [2.05, 4.69) is 5.32 Å². The zero-order valence-electron chi connectivity index (χ0n) is 6.92. The Morgan fingerprint density at radius 3 is 2.36 bits per heavy atom. The Kier molecular flexibility index (Phi) is 3.95. The summed E-state index contributed by atoms with van der Waals surface area (Å²) in [6, 6.07) is 0. The molecule has 0 saturated carbocycles. The lowest BCUT2D eigenvalue weighted by Crippen LogP contribution is -2.29. The van der Waals surface area contributed by atoms with Crippen molar-refractivity contribution in [2.45, 2.75) is 6.92 Å². The van der Waals surface area contributed by atoms with Gasteiger partial charge in [-0.2, -0.15) is 0 Å². The third-order valence-electron chi connectivity index (χ3n) is 1.20. The zero-order valence-corrected chi connectivity index (χ0v) is 6.92. The summed E-state index contributed by atoms with van der Waals surface area (Å²) in [4.78, 5) is 22.6. The summed E-state index contributed by atoms with van der Waals surface area (Å²) < 4.78 is 0. The number of nitrogens with zero attached hydrogens (tertiary/aromatic N) is 1. The van der Waals surface area contributed by atoms with Crippen LogP contribution in [-0.2, 0) is 9.59 Å². The lowest BCUT2D eigenvalue weighted by Gasteiger charge is -2.08. The molecule has 0 unspecified atom stereocenters. The average molecular weight is 156 g/mol. The van der Waals surface area contributed by atoms with Crippen LogP contribution in [0, 0.1) is 0 Å². The fourth-order valence-corrected chi connectivity index (χ4v) is 0.422. The molecule has 0 aliphatic carbocycles. The fraction of sp³-hybridized carbons (Fsp3) is 0.429. The lowest BCUT2D eigenvalue weighted by atomic mass is 10.5. The fourth-order valence-electron chi connectivity index (χ4n) is 0.422. The van der Waals surface area contributed by atoms with E-state index in [1.54, 1.807) is 7.05 Å². The highest BCUT2D eigenvalue weighted by Crippen LogP contribution is 1.86. The minimum atomic E-state index is -0.327. The van der Waals surface area contributed by atoms with Crippen LogP contribution in [0.1, 0.15) is 6.92 Å². The summed E-state index contributed by atoms with van der Waals surface area (Å²) in [5, 5.41) is 2.65. The van der Waals surface area contributed by atoms with Crippen molar-refractivity contribution in [3.8, 4) is 0 Å². The SMILES string of the molecule is CN/C=C\C(=O)N(C)C(C)=O. The number of likely N-dealkylation sites (N-methyl/N-ethyl adjacent to an activating group) is 1. The lowest BCUT2D eigenvalue weighted by molar-refractivity contribution is -0.138. The van der Waals surface area contributed by atoms with E-state index in [-0.39, 0.29) is 11.8 Å². The molecular weight excluding hydrogens is 144 g/mol. The maximum atomic E-state index is 10.9. The molecule has 0 aromatic rings. The predicted molar refractivity (Wildman–Crippen MR) is 41.7 cm³/mol. The number of imide groups is 1. The van der Waals surface area contributed by atoms with Crippen molar-refractivity contribution < 1.29 is 9.59 Å². The molecule has 0 aliphatic rings. The van der Waals surface area contributed by atoms with Crippen molar-refractivity contribution in [3.05, 3.63) is 12.3 Å². The minimum absolute atomic E-state index is 0.268. The Morgan fingerprint density at radius 2 is 2.00 bits per heavy atom. The molecule has 0 fully saturated rings. The number of carbonyl (C=O) groups excluding carboxylic acids is 2. The smallest absolute Gasteiger partial charge is 0.254 e. The summed E-state index contributed by atoms with van der Waals surface area (Å²) in [6.07, 6.45) is 2.77. The molecule has 0 aromatic heterocycles. The zero-order chi connectivity index (χ0) is 8.85. The Bertz CT molecular complexity index is 187. The summed E-state index contributed by atoms with van der Waals surface area (Å²) in [6.45, 7) is 1.34. The van der Waals surface area contributed by atoms with Gasteiger partial charge in [-0.15, -0.1) is 0 Å². The molecule has 0 atom stereocenters. The van der Waals surface area contributed by atoms with E-state index in [0.717, 1.165) is 4.90 Å². The second kappa shape index (κ2) is 4.49. The number of hydrogen-bond donors (Lipinski definition) is 1. The van der Waals surface area contributed by atoms with Gasteiger partial charge in [0.15, 0.2) is 0 Å². The quantitative estimate of drug-likeness (QED) is 0.560. The van der Waals surface area contributed by atoms with Crippen molar-refractivity contribution in [2.75, 3.05) is 14.1 Å². The van der Waals surface area contributed by atoms with Crippen LogP contribution in [0.4, 0.5) is 0 Å². The molecule has 62 valence electrons. The summed E-state index contributed by atoms with van der Waals surface area (Å²) in [5.41, 5.74) is 0. The van der Waals surface area contributed by atoms with Crippen molar-refractivity contribution in [1.82, 2.24) is 10.2 Å². The van der Waals surface area contributed by atoms with Gasteiger partial charge in [0.05, 0.1) is 0 Å². The molecule has 11 heavy (non-hydrogen) atoms. The van der Waals surface area contributed by atoms with Crippen LogP contribution in [0.5, 0.6) is 0 Å². The van der Waals surface area contributed by atoms with E-state index in [0.29, 0.717) is 0 Å². The van der Waals surface area contributed by atoms with Gasteiger partial charge in [-0.25, -0.2) is 0 Å². The Balaban J connectivity index is 4.03. The van der Waals surface area contributed by atoms with Gasteiger partial charge >= 0.3 is 0 Å². The van der Waals surface area contributed by atoms with Crippen LogP contribution < -0.4 is 5.32 Å². The van der Waals surface area contributed by atoms with Crippen LogP contribution in [0.3, 0.4) is 0 Å². The highest BCUT2D eigenvalue weighted by Gasteiger charge is 2.07. The third kappa shape index (κ3) is 3.40. The number of rotatable bonds is 2. The van der Waals surface area contributed by atoms with Crippen molar-refractivity contribution in [1.29, 1.82) is 0 Å². The molecule has 0 aromatic carbocycles. The van der Waals surface area contributed by atoms with Crippen LogP contribution >= 0.6 is 0 Å². The second-order valence-electron chi connectivity index (χ2n) is 2.04. The van der Waals surface area contributed by atoms with Gasteiger partial charge in [0.2, 0.25) is 5.91 Å². The number of nitrogens with one attached hydrogen (secondary N) is 1. The number of amides is 2. The monoisotopic (exact) mass is 156 g/mol. The Hall–Kier alpha value is -1.32. The minimum Gasteiger partial charge on any atom is -0.394 e. The summed E-state index contributed by atoms with van der Waals surface area (Å²) >= 11 is 0. The molecule has 0 aliphatic heterocycles. The highest BCUT2D eigenvalue weighted by molar-refractivity contribution is 5.99. The molecule has 0 saturated heterocycles. The van der Waals surface area contributed by atoms with E-state index >= 15 is 0 Å². The molecule has 1 N–H and O–H groups in total.